The average Bonchev–Trinajstić information content (AvgIpc) is 2.94. The van der Waals surface area contributed by atoms with Gasteiger partial charge in [0.1, 0.15) is 0 Å². The topological polar surface area (TPSA) is 3.24 Å². The van der Waals surface area contributed by atoms with Crippen LogP contribution in [0.5, 0.6) is 0 Å². The number of halogens is 1. The lowest BCUT2D eigenvalue weighted by molar-refractivity contribution is 0.400. The van der Waals surface area contributed by atoms with E-state index in [9.17, 15) is 0 Å². The SMILES string of the molecule is C.C=Cc1cc(-c2cc(C(C)(C)CC(C)C)c(N(CC)c3ccccc3)cc2Cl)ccc1C.CC.CCCCCC. The molecule has 0 N–H and O–H groups in total. The zero-order valence-electron chi connectivity index (χ0n) is 27.2. The Morgan fingerprint density at radius 2 is 1.49 bits per heavy atom. The lowest BCUT2D eigenvalue weighted by Crippen LogP contribution is -2.26. The highest BCUT2D eigenvalue weighted by atomic mass is 35.5. The van der Waals surface area contributed by atoms with Crippen molar-refractivity contribution in [2.75, 3.05) is 11.4 Å². The smallest absolute Gasteiger partial charge is 0.0505 e. The van der Waals surface area contributed by atoms with E-state index < -0.39 is 0 Å². The summed E-state index contributed by atoms with van der Waals surface area (Å²) in [6, 6.07) is 21.6. The quantitative estimate of drug-likeness (QED) is 0.205. The van der Waals surface area contributed by atoms with E-state index in [1.807, 2.05) is 19.9 Å². The molecule has 3 aromatic rings. The highest BCUT2D eigenvalue weighted by Gasteiger charge is 2.28. The third kappa shape index (κ3) is 11.4. The van der Waals surface area contributed by atoms with Crippen molar-refractivity contribution in [3.05, 3.63) is 89.0 Å². The maximum atomic E-state index is 6.96. The van der Waals surface area contributed by atoms with Gasteiger partial charge in [-0.05, 0) is 84.2 Å². The summed E-state index contributed by atoms with van der Waals surface area (Å²) in [5.41, 5.74) is 8.27. The van der Waals surface area contributed by atoms with Gasteiger partial charge in [0.2, 0.25) is 0 Å². The van der Waals surface area contributed by atoms with Crippen LogP contribution in [0.1, 0.15) is 119 Å². The molecular weight excluding hydrogens is 518 g/mol. The molecule has 0 saturated heterocycles. The van der Waals surface area contributed by atoms with Crippen LogP contribution < -0.4 is 4.90 Å². The highest BCUT2D eigenvalue weighted by Crippen LogP contribution is 2.44. The van der Waals surface area contributed by atoms with E-state index in [0.717, 1.165) is 34.7 Å². The summed E-state index contributed by atoms with van der Waals surface area (Å²) in [4.78, 5) is 2.37. The molecule has 0 unspecified atom stereocenters. The van der Waals surface area contributed by atoms with Gasteiger partial charge in [0.05, 0.1) is 5.02 Å². The number of hydrogen-bond acceptors (Lipinski definition) is 1. The van der Waals surface area contributed by atoms with Gasteiger partial charge in [0, 0.05) is 23.5 Å². The third-order valence-electron chi connectivity index (χ3n) is 7.18. The second-order valence-electron chi connectivity index (χ2n) is 11.4. The Morgan fingerprint density at radius 1 is 0.902 bits per heavy atom. The number of anilines is 2. The van der Waals surface area contributed by atoms with Crippen molar-refractivity contribution in [2.24, 2.45) is 5.92 Å². The lowest BCUT2D eigenvalue weighted by atomic mass is 9.76. The molecule has 0 aliphatic carbocycles. The third-order valence-corrected chi connectivity index (χ3v) is 7.49. The van der Waals surface area contributed by atoms with Crippen molar-refractivity contribution in [3.8, 4) is 11.1 Å². The summed E-state index contributed by atoms with van der Waals surface area (Å²) < 4.78 is 0. The molecule has 0 atom stereocenters. The van der Waals surface area contributed by atoms with Crippen LogP contribution in [0.3, 0.4) is 0 Å². The molecule has 0 aromatic heterocycles. The second kappa shape index (κ2) is 19.6. The molecule has 0 heterocycles. The van der Waals surface area contributed by atoms with Crippen LogP contribution in [-0.2, 0) is 5.41 Å². The number of unbranched alkanes of at least 4 members (excludes halogenated alkanes) is 3. The van der Waals surface area contributed by atoms with Gasteiger partial charge in [0.15, 0.2) is 0 Å². The molecule has 41 heavy (non-hydrogen) atoms. The summed E-state index contributed by atoms with van der Waals surface area (Å²) >= 11 is 6.96. The predicted molar refractivity (Wildman–Crippen MR) is 191 cm³/mol. The molecular formula is C39H60ClN. The van der Waals surface area contributed by atoms with Crippen LogP contribution in [0, 0.1) is 12.8 Å². The monoisotopic (exact) mass is 577 g/mol. The number of benzene rings is 3. The first-order valence-corrected chi connectivity index (χ1v) is 15.9. The van der Waals surface area contributed by atoms with Crippen LogP contribution in [0.15, 0.2) is 67.2 Å². The molecule has 3 aromatic carbocycles. The number of para-hydroxylation sites is 1. The van der Waals surface area contributed by atoms with Gasteiger partial charge in [-0.3, -0.25) is 0 Å². The van der Waals surface area contributed by atoms with Gasteiger partial charge in [-0.2, -0.15) is 0 Å². The molecule has 1 nitrogen and oxygen atoms in total. The standard InChI is InChI=1S/C30H36ClN.C6H14.C2H6.CH4/c1-8-23-17-24(16-15-22(23)5)26-18-27(30(6,7)20-21(3)4)29(19-28(26)31)32(9-2)25-13-11-10-12-14-25;1-3-5-6-4-2;1-2;/h8,10-19,21H,1,9,20H2,2-7H3;3-6H2,1-2H3;1-2H3;1H4. The van der Waals surface area contributed by atoms with Gasteiger partial charge in [0.25, 0.3) is 0 Å². The Labute approximate surface area is 260 Å². The van der Waals surface area contributed by atoms with E-state index in [0.29, 0.717) is 5.92 Å². The molecule has 0 fully saturated rings. The van der Waals surface area contributed by atoms with E-state index in [2.05, 4.69) is 128 Å². The van der Waals surface area contributed by atoms with Gasteiger partial charge in [-0.1, -0.05) is 143 Å². The molecule has 0 aliphatic rings. The predicted octanol–water partition coefficient (Wildman–Crippen LogP) is 13.7. The van der Waals surface area contributed by atoms with E-state index in [1.54, 1.807) is 0 Å². The van der Waals surface area contributed by atoms with Crippen molar-refractivity contribution in [2.45, 2.75) is 114 Å². The maximum Gasteiger partial charge on any atom is 0.0505 e. The van der Waals surface area contributed by atoms with Crippen LogP contribution in [0.2, 0.25) is 5.02 Å². The summed E-state index contributed by atoms with van der Waals surface area (Å²) in [6.07, 6.45) is 8.55. The molecule has 228 valence electrons. The molecule has 3 rings (SSSR count). The molecule has 2 heteroatoms. The van der Waals surface area contributed by atoms with Crippen molar-refractivity contribution >= 4 is 29.1 Å². The van der Waals surface area contributed by atoms with Gasteiger partial charge in [-0.25, -0.2) is 0 Å². The van der Waals surface area contributed by atoms with E-state index >= 15 is 0 Å². The summed E-state index contributed by atoms with van der Waals surface area (Å²) in [6.45, 7) is 26.9. The maximum absolute atomic E-state index is 6.96. The summed E-state index contributed by atoms with van der Waals surface area (Å²) in [7, 11) is 0. The fourth-order valence-electron chi connectivity index (χ4n) is 5.31. The molecule has 0 bridgehead atoms. The number of aryl methyl sites for hydroxylation is 1. The first-order valence-electron chi connectivity index (χ1n) is 15.5. The second-order valence-corrected chi connectivity index (χ2v) is 11.8. The first kappa shape index (κ1) is 38.5. The molecule has 0 aliphatic heterocycles. The molecule has 0 radical (unpaired) electrons. The van der Waals surface area contributed by atoms with Gasteiger partial charge < -0.3 is 4.90 Å². The molecule has 0 saturated carbocycles. The summed E-state index contributed by atoms with van der Waals surface area (Å²) in [5, 5.41) is 0.775. The van der Waals surface area contributed by atoms with Crippen molar-refractivity contribution in [3.63, 3.8) is 0 Å². The largest absolute Gasteiger partial charge is 0.341 e. The van der Waals surface area contributed by atoms with E-state index in [-0.39, 0.29) is 12.8 Å². The summed E-state index contributed by atoms with van der Waals surface area (Å²) in [5.74, 6) is 0.593. The Morgan fingerprint density at radius 3 is 1.98 bits per heavy atom. The van der Waals surface area contributed by atoms with Gasteiger partial charge in [-0.15, -0.1) is 0 Å². The Kier molecular flexibility index (Phi) is 18.4. The van der Waals surface area contributed by atoms with Crippen LogP contribution >= 0.6 is 11.6 Å². The van der Waals surface area contributed by atoms with Crippen LogP contribution in [0.4, 0.5) is 11.4 Å². The Hall–Kier alpha value is -2.51. The van der Waals surface area contributed by atoms with Crippen molar-refractivity contribution in [1.82, 2.24) is 0 Å². The fourth-order valence-corrected chi connectivity index (χ4v) is 5.57. The Bertz CT molecular complexity index is 1140. The zero-order valence-corrected chi connectivity index (χ0v) is 28.0. The van der Waals surface area contributed by atoms with Crippen molar-refractivity contribution < 1.29 is 0 Å². The van der Waals surface area contributed by atoms with Gasteiger partial charge >= 0.3 is 0 Å². The molecule has 0 amide bonds. The first-order chi connectivity index (χ1) is 19.1. The fraction of sp³-hybridized carbons (Fsp3) is 0.487. The molecule has 0 spiro atoms. The zero-order chi connectivity index (χ0) is 30.3. The van der Waals surface area contributed by atoms with Crippen LogP contribution in [-0.4, -0.2) is 6.54 Å². The normalized spacial score (nSPS) is 10.5. The number of hydrogen-bond donors (Lipinski definition) is 0. The Balaban J connectivity index is 0.00000158. The minimum Gasteiger partial charge on any atom is -0.341 e. The average molecular weight is 578 g/mol. The minimum atomic E-state index is -0.00297. The highest BCUT2D eigenvalue weighted by molar-refractivity contribution is 6.33. The van der Waals surface area contributed by atoms with Crippen LogP contribution in [0.25, 0.3) is 17.2 Å². The van der Waals surface area contributed by atoms with Crippen molar-refractivity contribution in [1.29, 1.82) is 0 Å². The lowest BCUT2D eigenvalue weighted by Gasteiger charge is -2.35. The number of nitrogens with zero attached hydrogens (tertiary/aromatic N) is 1. The van der Waals surface area contributed by atoms with E-state index in [4.69, 9.17) is 11.6 Å². The minimum absolute atomic E-state index is 0. The van der Waals surface area contributed by atoms with E-state index in [1.165, 1.54) is 48.2 Å². The number of rotatable bonds is 11.